The number of benzene rings is 2. The van der Waals surface area contributed by atoms with Crippen LogP contribution in [-0.2, 0) is 5.60 Å². The molecular formula is C18H22O. The van der Waals surface area contributed by atoms with E-state index < -0.39 is 5.60 Å². The van der Waals surface area contributed by atoms with E-state index in [1.54, 1.807) is 0 Å². The van der Waals surface area contributed by atoms with Crippen molar-refractivity contribution < 1.29 is 5.11 Å². The van der Waals surface area contributed by atoms with Gasteiger partial charge >= 0.3 is 0 Å². The van der Waals surface area contributed by atoms with E-state index in [-0.39, 0.29) is 0 Å². The number of hydrogen-bond acceptors (Lipinski definition) is 1. The predicted molar refractivity (Wildman–Crippen MR) is 80.5 cm³/mol. The van der Waals surface area contributed by atoms with Gasteiger partial charge in [-0.3, -0.25) is 0 Å². The fourth-order valence-corrected chi connectivity index (χ4v) is 2.52. The second-order valence-corrected chi connectivity index (χ2v) is 5.69. The van der Waals surface area contributed by atoms with Crippen LogP contribution in [0.4, 0.5) is 0 Å². The summed E-state index contributed by atoms with van der Waals surface area (Å²) in [6, 6.07) is 12.3. The van der Waals surface area contributed by atoms with Crippen LogP contribution in [0.1, 0.15) is 40.3 Å². The Kier molecular flexibility index (Phi) is 3.51. The highest BCUT2D eigenvalue weighted by atomic mass is 16.3. The minimum absolute atomic E-state index is 0.935. The molecular weight excluding hydrogens is 232 g/mol. The van der Waals surface area contributed by atoms with Crippen LogP contribution in [0.25, 0.3) is 0 Å². The van der Waals surface area contributed by atoms with Gasteiger partial charge in [-0.1, -0.05) is 42.0 Å². The van der Waals surface area contributed by atoms with E-state index in [0.29, 0.717) is 0 Å². The molecule has 2 aromatic carbocycles. The third kappa shape index (κ3) is 2.57. The summed E-state index contributed by atoms with van der Waals surface area (Å²) in [6.07, 6.45) is 0. The largest absolute Gasteiger partial charge is 0.381 e. The van der Waals surface area contributed by atoms with Crippen LogP contribution in [0.2, 0.25) is 0 Å². The molecule has 0 aliphatic carbocycles. The summed E-state index contributed by atoms with van der Waals surface area (Å²) in [5.41, 5.74) is 5.79. The summed E-state index contributed by atoms with van der Waals surface area (Å²) < 4.78 is 0. The smallest absolute Gasteiger partial charge is 0.112 e. The number of aliphatic hydroxyl groups is 1. The number of rotatable bonds is 2. The molecule has 1 atom stereocenters. The minimum Gasteiger partial charge on any atom is -0.381 e. The normalized spacial score (nSPS) is 14.2. The summed E-state index contributed by atoms with van der Waals surface area (Å²) >= 11 is 0. The van der Waals surface area contributed by atoms with Gasteiger partial charge in [0.05, 0.1) is 0 Å². The fourth-order valence-electron chi connectivity index (χ4n) is 2.52. The Bertz CT molecular complexity index is 592. The average Bonchev–Trinajstić information content (AvgIpc) is 2.34. The third-order valence-electron chi connectivity index (χ3n) is 3.98. The van der Waals surface area contributed by atoms with E-state index >= 15 is 0 Å². The van der Waals surface area contributed by atoms with Gasteiger partial charge in [0.2, 0.25) is 0 Å². The van der Waals surface area contributed by atoms with Gasteiger partial charge in [0.25, 0.3) is 0 Å². The first-order chi connectivity index (χ1) is 8.82. The molecule has 1 heteroatoms. The van der Waals surface area contributed by atoms with E-state index in [1.807, 2.05) is 31.2 Å². The molecule has 2 aromatic rings. The molecule has 1 unspecified atom stereocenters. The van der Waals surface area contributed by atoms with E-state index in [0.717, 1.165) is 16.7 Å². The molecule has 0 radical (unpaired) electrons. The van der Waals surface area contributed by atoms with Crippen molar-refractivity contribution in [2.75, 3.05) is 0 Å². The highest BCUT2D eigenvalue weighted by Gasteiger charge is 2.27. The van der Waals surface area contributed by atoms with Crippen LogP contribution in [-0.4, -0.2) is 5.11 Å². The van der Waals surface area contributed by atoms with Crippen molar-refractivity contribution in [2.45, 2.75) is 40.2 Å². The summed E-state index contributed by atoms with van der Waals surface area (Å²) in [4.78, 5) is 0. The van der Waals surface area contributed by atoms with Crippen LogP contribution in [0, 0.1) is 27.7 Å². The van der Waals surface area contributed by atoms with Crippen molar-refractivity contribution in [3.05, 3.63) is 69.8 Å². The Morgan fingerprint density at radius 1 is 0.789 bits per heavy atom. The molecule has 0 bridgehead atoms. The molecule has 1 N–H and O–H groups in total. The summed E-state index contributed by atoms with van der Waals surface area (Å²) in [5, 5.41) is 10.9. The molecule has 1 nitrogen and oxygen atoms in total. The van der Waals surface area contributed by atoms with Crippen molar-refractivity contribution in [1.82, 2.24) is 0 Å². The van der Waals surface area contributed by atoms with Crippen LogP contribution in [0.5, 0.6) is 0 Å². The number of aryl methyl sites for hydroxylation is 4. The Labute approximate surface area is 115 Å². The molecule has 0 aliphatic heterocycles. The maximum Gasteiger partial charge on any atom is 0.112 e. The van der Waals surface area contributed by atoms with Crippen LogP contribution in [0.3, 0.4) is 0 Å². The highest BCUT2D eigenvalue weighted by Crippen LogP contribution is 2.32. The monoisotopic (exact) mass is 254 g/mol. The molecule has 0 amide bonds. The first-order valence-electron chi connectivity index (χ1n) is 6.70. The number of hydrogen-bond donors (Lipinski definition) is 1. The van der Waals surface area contributed by atoms with Crippen molar-refractivity contribution in [3.63, 3.8) is 0 Å². The van der Waals surface area contributed by atoms with E-state index in [4.69, 9.17) is 0 Å². The molecule has 0 saturated heterocycles. The average molecular weight is 254 g/mol. The van der Waals surface area contributed by atoms with Gasteiger partial charge in [-0.15, -0.1) is 0 Å². The highest BCUT2D eigenvalue weighted by molar-refractivity contribution is 5.44. The lowest BCUT2D eigenvalue weighted by atomic mass is 9.83. The fraction of sp³-hybridized carbons (Fsp3) is 0.333. The van der Waals surface area contributed by atoms with Gasteiger partial charge in [0.15, 0.2) is 0 Å². The maximum absolute atomic E-state index is 10.9. The Morgan fingerprint density at radius 2 is 1.32 bits per heavy atom. The molecule has 0 heterocycles. The van der Waals surface area contributed by atoms with Gasteiger partial charge in [-0.25, -0.2) is 0 Å². The second-order valence-electron chi connectivity index (χ2n) is 5.69. The van der Waals surface area contributed by atoms with Gasteiger partial charge in [-0.05, 0) is 62.4 Å². The summed E-state index contributed by atoms with van der Waals surface area (Å²) in [7, 11) is 0. The lowest BCUT2D eigenvalue weighted by Gasteiger charge is -2.27. The first kappa shape index (κ1) is 13.8. The zero-order chi connectivity index (χ0) is 14.2. The SMILES string of the molecule is Cc1ccc(C(C)(O)c2cc(C)c(C)cc2C)cc1. The summed E-state index contributed by atoms with van der Waals surface area (Å²) in [6.45, 7) is 10.2. The molecule has 100 valence electrons. The minimum atomic E-state index is -0.948. The third-order valence-corrected chi connectivity index (χ3v) is 3.98. The van der Waals surface area contributed by atoms with Crippen LogP contribution >= 0.6 is 0 Å². The lowest BCUT2D eigenvalue weighted by Crippen LogP contribution is -2.24. The van der Waals surface area contributed by atoms with Crippen LogP contribution < -0.4 is 0 Å². The molecule has 2 rings (SSSR count). The second kappa shape index (κ2) is 4.82. The van der Waals surface area contributed by atoms with Gasteiger partial charge in [0.1, 0.15) is 5.60 Å². The topological polar surface area (TPSA) is 20.2 Å². The maximum atomic E-state index is 10.9. The quantitative estimate of drug-likeness (QED) is 0.852. The van der Waals surface area contributed by atoms with Gasteiger partial charge < -0.3 is 5.11 Å². The van der Waals surface area contributed by atoms with Gasteiger partial charge in [0, 0.05) is 0 Å². The van der Waals surface area contributed by atoms with Crippen molar-refractivity contribution in [3.8, 4) is 0 Å². The zero-order valence-corrected chi connectivity index (χ0v) is 12.4. The molecule has 0 spiro atoms. The molecule has 0 aromatic heterocycles. The van der Waals surface area contributed by atoms with Crippen molar-refractivity contribution >= 4 is 0 Å². The lowest BCUT2D eigenvalue weighted by molar-refractivity contribution is 0.101. The molecule has 0 saturated carbocycles. The van der Waals surface area contributed by atoms with E-state index in [1.165, 1.54) is 16.7 Å². The van der Waals surface area contributed by atoms with Crippen molar-refractivity contribution in [2.24, 2.45) is 0 Å². The van der Waals surface area contributed by atoms with Crippen LogP contribution in [0.15, 0.2) is 36.4 Å². The van der Waals surface area contributed by atoms with E-state index in [2.05, 4.69) is 39.8 Å². The Morgan fingerprint density at radius 3 is 1.89 bits per heavy atom. The standard InChI is InChI=1S/C18H22O/c1-12-6-8-16(9-7-12)18(5,19)17-11-14(3)13(2)10-15(17)4/h6-11,19H,1-5H3. The zero-order valence-electron chi connectivity index (χ0n) is 12.4. The molecule has 19 heavy (non-hydrogen) atoms. The van der Waals surface area contributed by atoms with Gasteiger partial charge in [-0.2, -0.15) is 0 Å². The Hall–Kier alpha value is -1.60. The van der Waals surface area contributed by atoms with Crippen molar-refractivity contribution in [1.29, 1.82) is 0 Å². The summed E-state index contributed by atoms with van der Waals surface area (Å²) in [5.74, 6) is 0. The molecule has 0 fully saturated rings. The Balaban J connectivity index is 2.55. The first-order valence-corrected chi connectivity index (χ1v) is 6.70. The molecule has 0 aliphatic rings. The van der Waals surface area contributed by atoms with E-state index in [9.17, 15) is 5.11 Å². The predicted octanol–water partition coefficient (Wildman–Crippen LogP) is 4.18.